The maximum atomic E-state index is 13.1. The summed E-state index contributed by atoms with van der Waals surface area (Å²) in [6.45, 7) is 3.83. The first kappa shape index (κ1) is 19.1. The molecule has 28 heavy (non-hydrogen) atoms. The lowest BCUT2D eigenvalue weighted by molar-refractivity contribution is -0.134. The molecule has 1 aromatic heterocycles. The Balaban J connectivity index is 2.17. The normalized spacial score (nSPS) is 10.6. The molecule has 3 rings (SSSR count). The quantitative estimate of drug-likeness (QED) is 0.496. The number of esters is 2. The first-order valence-corrected chi connectivity index (χ1v) is 8.17. The highest BCUT2D eigenvalue weighted by molar-refractivity contribution is 5.90. The number of fused-ring (bicyclic) bond motifs is 1. The van der Waals surface area contributed by atoms with Crippen molar-refractivity contribution >= 4 is 22.9 Å². The number of hydrogen-bond acceptors (Lipinski definition) is 7. The molecule has 2 aromatic carbocycles. The topological polar surface area (TPSA) is 92.0 Å². The number of halogens is 1. The van der Waals surface area contributed by atoms with Crippen molar-refractivity contribution in [3.63, 3.8) is 0 Å². The maximum Gasteiger partial charge on any atom is 0.308 e. The van der Waals surface area contributed by atoms with Crippen LogP contribution in [-0.4, -0.2) is 11.9 Å². The second-order valence-electron chi connectivity index (χ2n) is 5.83. The Hall–Kier alpha value is -3.68. The molecule has 144 valence electrons. The van der Waals surface area contributed by atoms with Gasteiger partial charge in [0.1, 0.15) is 17.3 Å². The van der Waals surface area contributed by atoms with Crippen molar-refractivity contribution in [2.24, 2.45) is 0 Å². The average Bonchev–Trinajstić information content (AvgIpc) is 2.61. The fraction of sp³-hybridized carbons (Fsp3) is 0.150. The standard InChI is InChI=1S/C20H15FO7/c1-10-18(28-14-6-4-13(21)5-7-14)17(24)15-8-9-16(26-11(2)22)20(19(15)25-10)27-12(3)23/h4-9H,1-3H3. The van der Waals surface area contributed by atoms with E-state index < -0.39 is 23.2 Å². The number of benzene rings is 2. The van der Waals surface area contributed by atoms with Crippen LogP contribution >= 0.6 is 0 Å². The smallest absolute Gasteiger partial charge is 0.308 e. The fourth-order valence-electron chi connectivity index (χ4n) is 2.52. The van der Waals surface area contributed by atoms with Crippen LogP contribution in [0.2, 0.25) is 0 Å². The van der Waals surface area contributed by atoms with Crippen LogP contribution in [0.15, 0.2) is 45.6 Å². The third-order valence-electron chi connectivity index (χ3n) is 3.63. The summed E-state index contributed by atoms with van der Waals surface area (Å²) in [5.74, 6) is -1.79. The van der Waals surface area contributed by atoms with Gasteiger partial charge < -0.3 is 18.6 Å². The zero-order valence-electron chi connectivity index (χ0n) is 15.2. The van der Waals surface area contributed by atoms with Gasteiger partial charge in [-0.1, -0.05) is 0 Å². The van der Waals surface area contributed by atoms with Gasteiger partial charge in [0.2, 0.25) is 16.9 Å². The van der Waals surface area contributed by atoms with Gasteiger partial charge in [-0.3, -0.25) is 14.4 Å². The molecule has 0 N–H and O–H groups in total. The lowest BCUT2D eigenvalue weighted by atomic mass is 10.2. The molecule has 0 aliphatic carbocycles. The van der Waals surface area contributed by atoms with E-state index in [2.05, 4.69) is 0 Å². The Morgan fingerprint density at radius 3 is 2.18 bits per heavy atom. The molecule has 1 heterocycles. The molecule has 8 heteroatoms. The van der Waals surface area contributed by atoms with E-state index in [-0.39, 0.29) is 39.7 Å². The van der Waals surface area contributed by atoms with E-state index in [1.165, 1.54) is 50.2 Å². The number of ether oxygens (including phenoxy) is 3. The van der Waals surface area contributed by atoms with Gasteiger partial charge in [-0.05, 0) is 43.3 Å². The minimum atomic E-state index is -0.687. The number of carbonyl (C=O) groups is 2. The van der Waals surface area contributed by atoms with Crippen LogP contribution in [0.5, 0.6) is 23.0 Å². The van der Waals surface area contributed by atoms with Crippen LogP contribution in [0, 0.1) is 12.7 Å². The predicted molar refractivity (Wildman–Crippen MR) is 96.3 cm³/mol. The van der Waals surface area contributed by atoms with Crippen LogP contribution in [0.3, 0.4) is 0 Å². The molecule has 0 amide bonds. The number of hydrogen-bond donors (Lipinski definition) is 0. The SMILES string of the molecule is CC(=O)Oc1ccc2c(=O)c(Oc3ccc(F)cc3)c(C)oc2c1OC(C)=O. The Labute approximate surface area is 158 Å². The summed E-state index contributed by atoms with van der Waals surface area (Å²) < 4.78 is 34.4. The summed E-state index contributed by atoms with van der Waals surface area (Å²) >= 11 is 0. The largest absolute Gasteiger partial charge is 0.453 e. The Kier molecular flexibility index (Phi) is 5.12. The molecule has 0 unspecified atom stereocenters. The lowest BCUT2D eigenvalue weighted by Crippen LogP contribution is -2.11. The minimum Gasteiger partial charge on any atom is -0.453 e. The van der Waals surface area contributed by atoms with E-state index in [0.29, 0.717) is 0 Å². The molecule has 0 saturated carbocycles. The molecule has 0 fully saturated rings. The van der Waals surface area contributed by atoms with Crippen molar-refractivity contribution in [1.82, 2.24) is 0 Å². The highest BCUT2D eigenvalue weighted by Crippen LogP contribution is 2.37. The molecule has 0 atom stereocenters. The number of rotatable bonds is 4. The molecule has 0 aliphatic heterocycles. The van der Waals surface area contributed by atoms with E-state index in [9.17, 15) is 18.8 Å². The molecule has 7 nitrogen and oxygen atoms in total. The van der Waals surface area contributed by atoms with Gasteiger partial charge in [-0.25, -0.2) is 4.39 Å². The summed E-state index contributed by atoms with van der Waals surface area (Å²) in [6, 6.07) is 7.80. The van der Waals surface area contributed by atoms with E-state index in [1.54, 1.807) is 0 Å². The molecule has 3 aromatic rings. The third kappa shape index (κ3) is 3.85. The van der Waals surface area contributed by atoms with Crippen molar-refractivity contribution < 1.29 is 32.6 Å². The summed E-state index contributed by atoms with van der Waals surface area (Å²) in [7, 11) is 0. The van der Waals surface area contributed by atoms with Crippen molar-refractivity contribution in [1.29, 1.82) is 0 Å². The first-order valence-electron chi connectivity index (χ1n) is 8.17. The third-order valence-corrected chi connectivity index (χ3v) is 3.63. The van der Waals surface area contributed by atoms with Crippen molar-refractivity contribution in [3.05, 3.63) is 58.2 Å². The monoisotopic (exact) mass is 386 g/mol. The summed E-state index contributed by atoms with van der Waals surface area (Å²) in [6.07, 6.45) is 0. The van der Waals surface area contributed by atoms with Crippen molar-refractivity contribution in [3.8, 4) is 23.0 Å². The summed E-state index contributed by atoms with van der Waals surface area (Å²) in [4.78, 5) is 35.6. The van der Waals surface area contributed by atoms with Crippen molar-refractivity contribution in [2.75, 3.05) is 0 Å². The zero-order chi connectivity index (χ0) is 20.4. The van der Waals surface area contributed by atoms with E-state index in [0.717, 1.165) is 6.92 Å². The van der Waals surface area contributed by atoms with Gasteiger partial charge in [0.25, 0.3) is 0 Å². The number of carbonyl (C=O) groups excluding carboxylic acids is 2. The van der Waals surface area contributed by atoms with Crippen molar-refractivity contribution in [2.45, 2.75) is 20.8 Å². The highest BCUT2D eigenvalue weighted by Gasteiger charge is 2.22. The fourth-order valence-corrected chi connectivity index (χ4v) is 2.52. The molecule has 0 aliphatic rings. The van der Waals surface area contributed by atoms with E-state index in [1.807, 2.05) is 0 Å². The van der Waals surface area contributed by atoms with Gasteiger partial charge in [-0.15, -0.1) is 0 Å². The second-order valence-corrected chi connectivity index (χ2v) is 5.83. The molecule has 0 spiro atoms. The van der Waals surface area contributed by atoms with Gasteiger partial charge in [0, 0.05) is 13.8 Å². The molecule has 0 saturated heterocycles. The van der Waals surface area contributed by atoms with Gasteiger partial charge in [0.05, 0.1) is 5.39 Å². The average molecular weight is 386 g/mol. The predicted octanol–water partition coefficient (Wildman–Crippen LogP) is 3.88. The van der Waals surface area contributed by atoms with Crippen LogP contribution < -0.4 is 19.6 Å². The maximum absolute atomic E-state index is 13.1. The first-order chi connectivity index (χ1) is 13.3. The van der Waals surface area contributed by atoms with Crippen LogP contribution in [-0.2, 0) is 9.59 Å². The summed E-state index contributed by atoms with van der Waals surface area (Å²) in [5.41, 5.74) is -0.603. The zero-order valence-corrected chi connectivity index (χ0v) is 15.2. The van der Waals surface area contributed by atoms with Crippen LogP contribution in [0.4, 0.5) is 4.39 Å². The van der Waals surface area contributed by atoms with Crippen LogP contribution in [0.1, 0.15) is 19.6 Å². The van der Waals surface area contributed by atoms with Gasteiger partial charge >= 0.3 is 11.9 Å². The Morgan fingerprint density at radius 1 is 0.929 bits per heavy atom. The Bertz CT molecular complexity index is 1130. The van der Waals surface area contributed by atoms with Gasteiger partial charge in [0.15, 0.2) is 11.3 Å². The Morgan fingerprint density at radius 2 is 1.57 bits per heavy atom. The minimum absolute atomic E-state index is 0.0508. The van der Waals surface area contributed by atoms with E-state index in [4.69, 9.17) is 18.6 Å². The van der Waals surface area contributed by atoms with Gasteiger partial charge in [-0.2, -0.15) is 0 Å². The second kappa shape index (κ2) is 7.51. The van der Waals surface area contributed by atoms with Crippen LogP contribution in [0.25, 0.3) is 11.0 Å². The molecular formula is C20H15FO7. The molecule has 0 bridgehead atoms. The summed E-state index contributed by atoms with van der Waals surface area (Å²) in [5, 5.41) is 0.0508. The lowest BCUT2D eigenvalue weighted by Gasteiger charge is -2.13. The van der Waals surface area contributed by atoms with E-state index >= 15 is 0 Å². The molecular weight excluding hydrogens is 371 g/mol. The number of aryl methyl sites for hydroxylation is 1. The molecule has 0 radical (unpaired) electrons. The highest BCUT2D eigenvalue weighted by atomic mass is 19.1.